The summed E-state index contributed by atoms with van der Waals surface area (Å²) in [7, 11) is -11.1. The molecule has 0 aliphatic carbocycles. The third-order valence-corrected chi connectivity index (χ3v) is 7.31. The molecule has 1 aliphatic heterocycles. The highest BCUT2D eigenvalue weighted by Gasteiger charge is 2.68. The van der Waals surface area contributed by atoms with Crippen LogP contribution in [0.1, 0.15) is 12.8 Å². The third-order valence-electron chi connectivity index (χ3n) is 3.99. The molecule has 0 amide bonds. The molecule has 0 aromatic rings. The normalized spacial score (nSPS) is 18.5. The van der Waals surface area contributed by atoms with Gasteiger partial charge in [0.15, 0.2) is 20.0 Å². The second-order valence-electron chi connectivity index (χ2n) is 6.54. The topological polar surface area (TPSA) is 91.6 Å². The fourth-order valence-corrected chi connectivity index (χ4v) is 4.52. The molecule has 7 nitrogen and oxygen atoms in total. The van der Waals surface area contributed by atoms with Gasteiger partial charge in [-0.15, -0.1) is 0 Å². The van der Waals surface area contributed by atoms with Gasteiger partial charge in [0.1, 0.15) is 6.54 Å². The smallest absolute Gasteiger partial charge is 0.425 e. The SMILES string of the molecule is COCC[N+]1(C)CCCC1.O=S(=O)([N-]S(=O)(=O)C(F)(F)C(F)(F)F)C(F)(F)C(F)(F)F. The summed E-state index contributed by atoms with van der Waals surface area (Å²) in [5, 5.41) is -14.0. The zero-order valence-corrected chi connectivity index (χ0v) is 17.4. The number of rotatable bonds is 7. The molecule has 0 bridgehead atoms. The average molecular weight is 524 g/mol. The van der Waals surface area contributed by atoms with E-state index in [4.69, 9.17) is 4.74 Å². The maximum Gasteiger partial charge on any atom is 0.467 e. The fourth-order valence-electron chi connectivity index (χ4n) is 2.15. The molecule has 0 radical (unpaired) electrons. The number of sulfonamides is 2. The van der Waals surface area contributed by atoms with Crippen LogP contribution in [0.4, 0.5) is 43.9 Å². The van der Waals surface area contributed by atoms with Gasteiger partial charge in [0.05, 0.1) is 26.7 Å². The van der Waals surface area contributed by atoms with Crippen molar-refractivity contribution >= 4 is 20.0 Å². The molecular formula is C12H18F10N2O5S2. The van der Waals surface area contributed by atoms with Gasteiger partial charge in [-0.2, -0.15) is 43.9 Å². The molecule has 1 heterocycles. The Morgan fingerprint density at radius 3 is 1.35 bits per heavy atom. The second-order valence-corrected chi connectivity index (χ2v) is 10.1. The lowest BCUT2D eigenvalue weighted by molar-refractivity contribution is -0.897. The molecular weight excluding hydrogens is 506 g/mol. The number of likely N-dealkylation sites (N-methyl/N-ethyl adjacent to an activating group) is 1. The highest BCUT2D eigenvalue weighted by molar-refractivity contribution is 8.13. The highest BCUT2D eigenvalue weighted by Crippen LogP contribution is 2.47. The number of quaternary nitrogens is 1. The highest BCUT2D eigenvalue weighted by atomic mass is 32.3. The first-order valence-electron chi connectivity index (χ1n) is 7.92. The molecule has 188 valence electrons. The van der Waals surface area contributed by atoms with E-state index < -0.39 is 42.9 Å². The van der Waals surface area contributed by atoms with Crippen molar-refractivity contribution in [3.8, 4) is 0 Å². The van der Waals surface area contributed by atoms with Gasteiger partial charge in [0.25, 0.3) is 0 Å². The monoisotopic (exact) mass is 524 g/mol. The Balaban J connectivity index is 0.000000743. The van der Waals surface area contributed by atoms with Crippen molar-refractivity contribution in [1.29, 1.82) is 0 Å². The van der Waals surface area contributed by atoms with Gasteiger partial charge in [-0.25, -0.2) is 16.8 Å². The van der Waals surface area contributed by atoms with Crippen molar-refractivity contribution in [2.75, 3.05) is 40.4 Å². The van der Waals surface area contributed by atoms with Crippen LogP contribution in [0.15, 0.2) is 0 Å². The molecule has 1 fully saturated rings. The molecule has 0 aromatic carbocycles. The minimum atomic E-state index is -7.62. The number of likely N-dealkylation sites (tertiary alicyclic amines) is 1. The molecule has 19 heteroatoms. The molecule has 0 N–H and O–H groups in total. The van der Waals surface area contributed by atoms with Crippen molar-refractivity contribution < 1.29 is 70.0 Å². The summed E-state index contributed by atoms with van der Waals surface area (Å²) in [4.78, 5) is 0. The van der Waals surface area contributed by atoms with Crippen molar-refractivity contribution in [2.24, 2.45) is 0 Å². The summed E-state index contributed by atoms with van der Waals surface area (Å²) >= 11 is 0. The summed E-state index contributed by atoms with van der Waals surface area (Å²) in [6.07, 6.45) is -11.2. The molecule has 0 unspecified atom stereocenters. The van der Waals surface area contributed by atoms with Crippen LogP contribution in [0, 0.1) is 0 Å². The summed E-state index contributed by atoms with van der Waals surface area (Å²) < 4.78 is 167. The van der Waals surface area contributed by atoms with Gasteiger partial charge in [0, 0.05) is 20.0 Å². The van der Waals surface area contributed by atoms with Crippen LogP contribution in [0.3, 0.4) is 0 Å². The van der Waals surface area contributed by atoms with E-state index in [0.29, 0.717) is 4.13 Å². The lowest BCUT2D eigenvalue weighted by Gasteiger charge is -2.31. The van der Waals surface area contributed by atoms with Gasteiger partial charge < -0.3 is 13.3 Å². The Hall–Kier alpha value is -0.920. The van der Waals surface area contributed by atoms with E-state index in [9.17, 15) is 60.7 Å². The van der Waals surface area contributed by atoms with Crippen LogP contribution >= 0.6 is 0 Å². The van der Waals surface area contributed by atoms with Gasteiger partial charge >= 0.3 is 22.9 Å². The molecule has 31 heavy (non-hydrogen) atoms. The van der Waals surface area contributed by atoms with Crippen LogP contribution in [-0.2, 0) is 24.8 Å². The molecule has 1 rings (SSSR count). The molecule has 1 saturated heterocycles. The fraction of sp³-hybridized carbons (Fsp3) is 1.00. The van der Waals surface area contributed by atoms with Crippen LogP contribution in [-0.4, -0.2) is 84.6 Å². The van der Waals surface area contributed by atoms with Gasteiger partial charge in [-0.3, -0.25) is 0 Å². The van der Waals surface area contributed by atoms with Crippen LogP contribution in [0.5, 0.6) is 0 Å². The number of halogens is 10. The summed E-state index contributed by atoms with van der Waals surface area (Å²) in [6.45, 7) is 4.81. The predicted octanol–water partition coefficient (Wildman–Crippen LogP) is 3.20. The summed E-state index contributed by atoms with van der Waals surface area (Å²) in [5.74, 6) is 0. The Labute approximate surface area is 171 Å². The van der Waals surface area contributed by atoms with E-state index in [0.717, 1.165) is 6.61 Å². The molecule has 0 saturated carbocycles. The molecule has 1 aliphatic rings. The number of nitrogens with zero attached hydrogens (tertiary/aromatic N) is 2. The Morgan fingerprint density at radius 2 is 1.10 bits per heavy atom. The minimum absolute atomic E-state index is 0.422. The average Bonchev–Trinajstić information content (AvgIpc) is 2.97. The Kier molecular flexibility index (Phi) is 9.24. The number of hydrogen-bond acceptors (Lipinski definition) is 5. The minimum Gasteiger partial charge on any atom is -0.425 e. The van der Waals surface area contributed by atoms with Crippen molar-refractivity contribution in [3.63, 3.8) is 0 Å². The first-order valence-corrected chi connectivity index (χ1v) is 10.8. The Bertz CT molecular complexity index is 749. The van der Waals surface area contributed by atoms with Crippen molar-refractivity contribution in [2.45, 2.75) is 35.7 Å². The number of methoxy groups -OCH3 is 1. The zero-order chi connectivity index (χ0) is 25.2. The number of hydrogen-bond donors (Lipinski definition) is 0. The van der Waals surface area contributed by atoms with E-state index >= 15 is 0 Å². The van der Waals surface area contributed by atoms with E-state index in [1.54, 1.807) is 7.11 Å². The van der Waals surface area contributed by atoms with Gasteiger partial charge in [-0.05, 0) is 0 Å². The number of ether oxygens (including phenoxy) is 1. The van der Waals surface area contributed by atoms with Crippen molar-refractivity contribution in [3.05, 3.63) is 4.13 Å². The van der Waals surface area contributed by atoms with E-state index in [2.05, 4.69) is 7.05 Å². The second kappa shape index (κ2) is 9.52. The van der Waals surface area contributed by atoms with Crippen LogP contribution in [0.25, 0.3) is 4.13 Å². The first kappa shape index (κ1) is 30.1. The molecule has 0 spiro atoms. The lowest BCUT2D eigenvalue weighted by Crippen LogP contribution is -2.48. The maximum atomic E-state index is 12.3. The quantitative estimate of drug-likeness (QED) is 0.377. The third kappa shape index (κ3) is 7.03. The number of alkyl halides is 10. The Morgan fingerprint density at radius 1 is 0.774 bits per heavy atom. The lowest BCUT2D eigenvalue weighted by atomic mass is 10.4. The first-order chi connectivity index (χ1) is 13.5. The predicted molar refractivity (Wildman–Crippen MR) is 85.1 cm³/mol. The van der Waals surface area contributed by atoms with E-state index in [1.807, 2.05) is 0 Å². The summed E-state index contributed by atoms with van der Waals surface area (Å²) in [5.41, 5.74) is 0. The molecule has 0 aromatic heterocycles. The van der Waals surface area contributed by atoms with E-state index in [-0.39, 0.29) is 0 Å². The zero-order valence-electron chi connectivity index (χ0n) is 15.8. The van der Waals surface area contributed by atoms with Crippen LogP contribution < -0.4 is 0 Å². The van der Waals surface area contributed by atoms with Gasteiger partial charge in [0.2, 0.25) is 0 Å². The van der Waals surface area contributed by atoms with Crippen molar-refractivity contribution in [1.82, 2.24) is 0 Å². The molecule has 0 atom stereocenters. The van der Waals surface area contributed by atoms with Gasteiger partial charge in [-0.1, -0.05) is 0 Å². The largest absolute Gasteiger partial charge is 0.467 e. The maximum absolute atomic E-state index is 12.3. The summed E-state index contributed by atoms with van der Waals surface area (Å²) in [6, 6.07) is 0. The standard InChI is InChI=1S/C8H18NO.C4F10NO4S2/c1-9(7-8-10-2)5-3-4-6-9;5-1(6,7)3(11,12)20(16,17)15-21(18,19)4(13,14)2(8,9)10/h3-8H2,1-2H3;/q+1;-1. The van der Waals surface area contributed by atoms with Crippen LogP contribution in [0.2, 0.25) is 0 Å². The van der Waals surface area contributed by atoms with E-state index in [1.165, 1.54) is 37.0 Å².